The van der Waals surface area contributed by atoms with E-state index in [-0.39, 0.29) is 11.2 Å². The van der Waals surface area contributed by atoms with Gasteiger partial charge in [0, 0.05) is 11.8 Å². The molecule has 0 aliphatic heterocycles. The SMILES string of the molecule is CC(C)(C)c1ccc(OS(=O)(=O)C(F)(F)F)cc1.c1ccc([SH+]c2ccccc2)cc1. The van der Waals surface area contributed by atoms with Crippen molar-refractivity contribution in [2.24, 2.45) is 0 Å². The van der Waals surface area contributed by atoms with Gasteiger partial charge in [0.15, 0.2) is 9.79 Å². The van der Waals surface area contributed by atoms with Crippen molar-refractivity contribution in [3.8, 4) is 5.75 Å². The Bertz CT molecular complexity index is 1010. The summed E-state index contributed by atoms with van der Waals surface area (Å²) in [6, 6.07) is 26.4. The van der Waals surface area contributed by atoms with Crippen LogP contribution in [0.1, 0.15) is 26.3 Å². The van der Waals surface area contributed by atoms with Crippen molar-refractivity contribution >= 4 is 21.9 Å². The maximum atomic E-state index is 12.1. The van der Waals surface area contributed by atoms with E-state index in [0.717, 1.165) is 5.56 Å². The van der Waals surface area contributed by atoms with E-state index in [1.807, 2.05) is 32.9 Å². The monoisotopic (exact) mass is 469 g/mol. The Kier molecular flexibility index (Phi) is 8.20. The van der Waals surface area contributed by atoms with Crippen molar-refractivity contribution in [2.75, 3.05) is 0 Å². The summed E-state index contributed by atoms with van der Waals surface area (Å²) in [4.78, 5) is 2.68. The van der Waals surface area contributed by atoms with Gasteiger partial charge in [0.25, 0.3) is 0 Å². The Balaban J connectivity index is 0.000000231. The lowest BCUT2D eigenvalue weighted by Crippen LogP contribution is -2.28. The minimum Gasteiger partial charge on any atom is -0.376 e. The number of hydrogen-bond donors (Lipinski definition) is 0. The van der Waals surface area contributed by atoms with E-state index in [2.05, 4.69) is 52.7 Å². The molecule has 0 aliphatic carbocycles. The molecule has 0 aliphatic rings. The number of alkyl halides is 3. The van der Waals surface area contributed by atoms with Gasteiger partial charge >= 0.3 is 15.6 Å². The van der Waals surface area contributed by atoms with Crippen molar-refractivity contribution in [1.29, 1.82) is 0 Å². The molecule has 166 valence electrons. The standard InChI is InChI=1S/C12H10S.C11H13F3O3S/c1-3-7-11(8-4-1)13-12-9-5-2-6-10-12;1-10(2,3)8-4-6-9(7-5-8)17-18(15,16)11(12,13)14/h1-10H;4-7H,1-3H3/p+1. The van der Waals surface area contributed by atoms with Crippen LogP contribution in [-0.2, 0) is 27.3 Å². The van der Waals surface area contributed by atoms with Crippen LogP contribution in [0.5, 0.6) is 5.75 Å². The van der Waals surface area contributed by atoms with Crippen molar-refractivity contribution in [3.63, 3.8) is 0 Å². The van der Waals surface area contributed by atoms with Crippen molar-refractivity contribution in [1.82, 2.24) is 0 Å². The third-order valence-electron chi connectivity index (χ3n) is 3.98. The first kappa shape index (κ1) is 24.8. The third kappa shape index (κ3) is 7.95. The highest BCUT2D eigenvalue weighted by atomic mass is 32.2. The predicted molar refractivity (Wildman–Crippen MR) is 119 cm³/mol. The molecule has 0 N–H and O–H groups in total. The van der Waals surface area contributed by atoms with Crippen LogP contribution in [-0.4, -0.2) is 13.9 Å². The van der Waals surface area contributed by atoms with E-state index in [0.29, 0.717) is 0 Å². The van der Waals surface area contributed by atoms with E-state index in [1.54, 1.807) is 0 Å². The van der Waals surface area contributed by atoms with Gasteiger partial charge in [0.1, 0.15) is 5.75 Å². The van der Waals surface area contributed by atoms with Crippen molar-refractivity contribution < 1.29 is 25.8 Å². The van der Waals surface area contributed by atoms with Crippen LogP contribution < -0.4 is 4.18 Å². The van der Waals surface area contributed by atoms with E-state index in [9.17, 15) is 21.6 Å². The van der Waals surface area contributed by atoms with E-state index < -0.39 is 15.6 Å². The Morgan fingerprint density at radius 3 is 1.48 bits per heavy atom. The molecule has 3 aromatic rings. The average molecular weight is 470 g/mol. The first-order valence-corrected chi connectivity index (χ1v) is 11.6. The molecule has 31 heavy (non-hydrogen) atoms. The minimum absolute atomic E-state index is 0.179. The van der Waals surface area contributed by atoms with Crippen LogP contribution in [0.15, 0.2) is 94.7 Å². The molecule has 0 heterocycles. The second kappa shape index (κ2) is 10.2. The molecule has 0 saturated carbocycles. The fourth-order valence-electron chi connectivity index (χ4n) is 2.34. The second-order valence-corrected chi connectivity index (χ2v) is 10.3. The molecule has 0 spiro atoms. The smallest absolute Gasteiger partial charge is 0.376 e. The zero-order chi connectivity index (χ0) is 23.1. The lowest BCUT2D eigenvalue weighted by Gasteiger charge is -2.19. The zero-order valence-electron chi connectivity index (χ0n) is 17.3. The highest BCUT2D eigenvalue weighted by Crippen LogP contribution is 2.29. The highest BCUT2D eigenvalue weighted by Gasteiger charge is 2.48. The molecule has 0 aromatic heterocycles. The maximum absolute atomic E-state index is 12.1. The molecule has 0 amide bonds. The van der Waals surface area contributed by atoms with Crippen LogP contribution >= 0.6 is 0 Å². The van der Waals surface area contributed by atoms with E-state index in [1.165, 1.54) is 45.8 Å². The lowest BCUT2D eigenvalue weighted by molar-refractivity contribution is -0.0500. The summed E-state index contributed by atoms with van der Waals surface area (Å²) < 4.78 is 61.7. The summed E-state index contributed by atoms with van der Waals surface area (Å²) in [7, 11) is -5.60. The largest absolute Gasteiger partial charge is 0.534 e. The molecule has 0 bridgehead atoms. The summed E-state index contributed by atoms with van der Waals surface area (Å²) in [5, 5.41) is 0. The van der Waals surface area contributed by atoms with Crippen LogP contribution in [0.2, 0.25) is 0 Å². The van der Waals surface area contributed by atoms with E-state index >= 15 is 0 Å². The molecule has 0 fully saturated rings. The average Bonchev–Trinajstić information content (AvgIpc) is 2.69. The molecule has 0 unspecified atom stereocenters. The zero-order valence-corrected chi connectivity index (χ0v) is 19.0. The van der Waals surface area contributed by atoms with Crippen LogP contribution in [0.25, 0.3) is 0 Å². The fraction of sp³-hybridized carbons (Fsp3) is 0.217. The summed E-state index contributed by atoms with van der Waals surface area (Å²) in [5.74, 6) is -0.361. The van der Waals surface area contributed by atoms with E-state index in [4.69, 9.17) is 0 Å². The quantitative estimate of drug-likeness (QED) is 0.200. The number of hydrogen-bond acceptors (Lipinski definition) is 3. The molecule has 0 saturated heterocycles. The maximum Gasteiger partial charge on any atom is 0.534 e. The Morgan fingerprint density at radius 1 is 0.710 bits per heavy atom. The molecule has 3 aromatic carbocycles. The third-order valence-corrected chi connectivity index (χ3v) is 6.07. The van der Waals surface area contributed by atoms with Gasteiger partial charge < -0.3 is 4.18 Å². The fourth-order valence-corrected chi connectivity index (χ4v) is 3.74. The van der Waals surface area contributed by atoms with Gasteiger partial charge in [-0.25, -0.2) is 0 Å². The minimum atomic E-state index is -5.60. The highest BCUT2D eigenvalue weighted by molar-refractivity contribution is 7.88. The number of rotatable bonds is 4. The topological polar surface area (TPSA) is 43.4 Å². The summed E-state index contributed by atoms with van der Waals surface area (Å²) in [5.41, 5.74) is -4.74. The van der Waals surface area contributed by atoms with Crippen LogP contribution in [0, 0.1) is 0 Å². The Morgan fingerprint density at radius 2 is 1.13 bits per heavy atom. The van der Waals surface area contributed by atoms with Gasteiger partial charge in [-0.15, -0.1) is 0 Å². The van der Waals surface area contributed by atoms with Crippen LogP contribution in [0.3, 0.4) is 0 Å². The molecule has 0 radical (unpaired) electrons. The molecular weight excluding hydrogens is 445 g/mol. The number of halogens is 3. The predicted octanol–water partition coefficient (Wildman–Crippen LogP) is 6.13. The molecule has 8 heteroatoms. The van der Waals surface area contributed by atoms with Gasteiger partial charge in [-0.3, -0.25) is 0 Å². The normalized spacial score (nSPS) is 11.9. The summed E-state index contributed by atoms with van der Waals surface area (Å²) >= 11 is 1.28. The Labute approximate surface area is 185 Å². The van der Waals surface area contributed by atoms with Gasteiger partial charge in [0.05, 0.1) is 0 Å². The van der Waals surface area contributed by atoms with Gasteiger partial charge in [-0.2, -0.15) is 21.6 Å². The van der Waals surface area contributed by atoms with Crippen molar-refractivity contribution in [3.05, 3.63) is 90.5 Å². The van der Waals surface area contributed by atoms with Gasteiger partial charge in [-0.05, 0) is 47.4 Å². The number of thiol groups is 1. The Hall–Kier alpha value is -2.45. The molecule has 3 nitrogen and oxygen atoms in total. The molecular formula is C23H24F3O3S2+. The summed E-state index contributed by atoms with van der Waals surface area (Å²) in [6.07, 6.45) is 0. The van der Waals surface area contributed by atoms with Gasteiger partial charge in [-0.1, -0.05) is 69.3 Å². The van der Waals surface area contributed by atoms with Crippen molar-refractivity contribution in [2.45, 2.75) is 41.5 Å². The first-order chi connectivity index (χ1) is 14.4. The second-order valence-electron chi connectivity index (χ2n) is 7.54. The first-order valence-electron chi connectivity index (χ1n) is 9.32. The molecule has 3 rings (SSSR count). The lowest BCUT2D eigenvalue weighted by atomic mass is 9.87. The molecule has 0 atom stereocenters. The number of benzene rings is 3. The van der Waals surface area contributed by atoms with Gasteiger partial charge in [0.2, 0.25) is 0 Å². The summed E-state index contributed by atoms with van der Waals surface area (Å²) in [6.45, 7) is 5.78. The van der Waals surface area contributed by atoms with Crippen LogP contribution in [0.4, 0.5) is 13.2 Å².